The van der Waals surface area contributed by atoms with E-state index in [2.05, 4.69) is 12.1 Å². The van der Waals surface area contributed by atoms with Crippen molar-refractivity contribution < 1.29 is 9.59 Å². The van der Waals surface area contributed by atoms with Gasteiger partial charge < -0.3 is 9.80 Å². The first-order valence-electron chi connectivity index (χ1n) is 8.92. The van der Waals surface area contributed by atoms with Crippen LogP contribution in [0.1, 0.15) is 47.8 Å². The van der Waals surface area contributed by atoms with Gasteiger partial charge in [0.15, 0.2) is 0 Å². The largest absolute Gasteiger partial charge is 0.316 e. The van der Waals surface area contributed by atoms with Crippen molar-refractivity contribution in [3.63, 3.8) is 0 Å². The maximum absolute atomic E-state index is 12.9. The standard InChI is InChI=1S/C20H24N2O2.C2H6/c1-13-10-14(2)19(15(3)11-13)22(6)20(24)17-8-7-9-18(12-17)21(5)16(4)23;1-2/h7-12H,1-6H3;1-2H3. The summed E-state index contributed by atoms with van der Waals surface area (Å²) in [7, 11) is 3.48. The van der Waals surface area contributed by atoms with Crippen molar-refractivity contribution in [1.82, 2.24) is 0 Å². The van der Waals surface area contributed by atoms with Gasteiger partial charge in [0, 0.05) is 38.0 Å². The van der Waals surface area contributed by atoms with Crippen LogP contribution in [0.25, 0.3) is 0 Å². The highest BCUT2D eigenvalue weighted by atomic mass is 16.2. The van der Waals surface area contributed by atoms with E-state index in [9.17, 15) is 9.59 Å². The minimum atomic E-state index is -0.0937. The number of aryl methyl sites for hydroxylation is 3. The van der Waals surface area contributed by atoms with Crippen molar-refractivity contribution in [2.45, 2.75) is 41.5 Å². The smallest absolute Gasteiger partial charge is 0.258 e. The summed E-state index contributed by atoms with van der Waals surface area (Å²) in [4.78, 5) is 27.6. The van der Waals surface area contributed by atoms with Gasteiger partial charge in [-0.25, -0.2) is 0 Å². The Balaban J connectivity index is 0.00000163. The van der Waals surface area contributed by atoms with Crippen LogP contribution in [0.5, 0.6) is 0 Å². The number of carbonyl (C=O) groups is 2. The third kappa shape index (κ3) is 4.72. The normalized spacial score (nSPS) is 9.85. The molecule has 4 nitrogen and oxygen atoms in total. The first-order valence-corrected chi connectivity index (χ1v) is 8.92. The zero-order valence-electron chi connectivity index (χ0n) is 17.2. The molecule has 2 rings (SSSR count). The van der Waals surface area contributed by atoms with Crippen molar-refractivity contribution in [1.29, 1.82) is 0 Å². The number of anilines is 2. The highest BCUT2D eigenvalue weighted by Gasteiger charge is 2.18. The molecule has 0 saturated heterocycles. The predicted molar refractivity (Wildman–Crippen MR) is 110 cm³/mol. The van der Waals surface area contributed by atoms with Crippen molar-refractivity contribution in [3.8, 4) is 0 Å². The van der Waals surface area contributed by atoms with Gasteiger partial charge in [-0.05, 0) is 50.1 Å². The van der Waals surface area contributed by atoms with E-state index in [1.165, 1.54) is 17.4 Å². The SMILES string of the molecule is CC.CC(=O)N(C)c1cccc(C(=O)N(C)c2c(C)cc(C)cc2C)c1. The number of benzene rings is 2. The predicted octanol–water partition coefficient (Wildman–Crippen LogP) is 4.90. The molecule has 0 bridgehead atoms. The van der Waals surface area contributed by atoms with Crippen LogP contribution in [-0.4, -0.2) is 25.9 Å². The molecule has 2 amide bonds. The fraction of sp³-hybridized carbons (Fsp3) is 0.364. The van der Waals surface area contributed by atoms with E-state index in [4.69, 9.17) is 0 Å². The lowest BCUT2D eigenvalue weighted by molar-refractivity contribution is -0.116. The van der Waals surface area contributed by atoms with Crippen molar-refractivity contribution in [3.05, 3.63) is 58.7 Å². The third-order valence-corrected chi connectivity index (χ3v) is 4.23. The zero-order valence-corrected chi connectivity index (χ0v) is 17.2. The van der Waals surface area contributed by atoms with E-state index in [1.807, 2.05) is 40.7 Å². The molecule has 0 saturated carbocycles. The molecule has 0 aliphatic carbocycles. The molecule has 0 heterocycles. The Labute approximate surface area is 157 Å². The Morgan fingerprint density at radius 1 is 0.846 bits per heavy atom. The van der Waals surface area contributed by atoms with E-state index >= 15 is 0 Å². The van der Waals surface area contributed by atoms with E-state index in [-0.39, 0.29) is 11.8 Å². The molecule has 0 aliphatic rings. The Kier molecular flexibility index (Phi) is 7.56. The van der Waals surface area contributed by atoms with Gasteiger partial charge in [0.1, 0.15) is 0 Å². The number of amides is 2. The van der Waals surface area contributed by atoms with Gasteiger partial charge in [0.05, 0.1) is 0 Å². The molecule has 2 aromatic rings. The molecule has 2 aromatic carbocycles. The molecular weight excluding hydrogens is 324 g/mol. The Morgan fingerprint density at radius 3 is 1.88 bits per heavy atom. The highest BCUT2D eigenvalue weighted by Crippen LogP contribution is 2.27. The minimum Gasteiger partial charge on any atom is -0.316 e. The average Bonchev–Trinajstić information content (AvgIpc) is 2.61. The molecular formula is C22H30N2O2. The lowest BCUT2D eigenvalue weighted by Gasteiger charge is -2.23. The van der Waals surface area contributed by atoms with Gasteiger partial charge in [0.2, 0.25) is 5.91 Å². The van der Waals surface area contributed by atoms with Gasteiger partial charge >= 0.3 is 0 Å². The van der Waals surface area contributed by atoms with Crippen LogP contribution in [0.3, 0.4) is 0 Å². The summed E-state index contributed by atoms with van der Waals surface area (Å²) in [5, 5.41) is 0. The molecule has 140 valence electrons. The maximum atomic E-state index is 12.9. The second kappa shape index (κ2) is 9.18. The van der Waals surface area contributed by atoms with E-state index in [0.29, 0.717) is 11.3 Å². The summed E-state index contributed by atoms with van der Waals surface area (Å²) in [6, 6.07) is 11.3. The van der Waals surface area contributed by atoms with Crippen molar-refractivity contribution in [2.75, 3.05) is 23.9 Å². The summed E-state index contributed by atoms with van der Waals surface area (Å²) in [6.07, 6.45) is 0. The number of carbonyl (C=O) groups excluding carboxylic acids is 2. The van der Waals surface area contributed by atoms with E-state index in [1.54, 1.807) is 37.2 Å². The molecule has 0 radical (unpaired) electrons. The first kappa shape index (κ1) is 21.4. The zero-order chi connectivity index (χ0) is 20.0. The van der Waals surface area contributed by atoms with Gasteiger partial charge in [-0.2, -0.15) is 0 Å². The summed E-state index contributed by atoms with van der Waals surface area (Å²) in [5.41, 5.74) is 5.51. The van der Waals surface area contributed by atoms with Gasteiger partial charge in [-0.1, -0.05) is 37.6 Å². The molecule has 0 fully saturated rings. The fourth-order valence-corrected chi connectivity index (χ4v) is 3.03. The van der Waals surface area contributed by atoms with Gasteiger partial charge in [-0.3, -0.25) is 9.59 Å². The number of hydrogen-bond acceptors (Lipinski definition) is 2. The number of hydrogen-bond donors (Lipinski definition) is 0. The molecule has 0 aromatic heterocycles. The molecule has 0 aliphatic heterocycles. The quantitative estimate of drug-likeness (QED) is 0.787. The monoisotopic (exact) mass is 354 g/mol. The highest BCUT2D eigenvalue weighted by molar-refractivity contribution is 6.07. The van der Waals surface area contributed by atoms with Crippen LogP contribution in [0.15, 0.2) is 36.4 Å². The van der Waals surface area contributed by atoms with E-state index < -0.39 is 0 Å². The maximum Gasteiger partial charge on any atom is 0.258 e. The van der Waals surface area contributed by atoms with E-state index in [0.717, 1.165) is 16.8 Å². The number of nitrogens with zero attached hydrogens (tertiary/aromatic N) is 2. The van der Waals surface area contributed by atoms with Gasteiger partial charge in [-0.15, -0.1) is 0 Å². The Bertz CT molecular complexity index is 773. The van der Waals surface area contributed by atoms with Crippen molar-refractivity contribution >= 4 is 23.2 Å². The molecule has 0 unspecified atom stereocenters. The van der Waals surface area contributed by atoms with Crippen LogP contribution in [0, 0.1) is 20.8 Å². The molecule has 0 N–H and O–H groups in total. The first-order chi connectivity index (χ1) is 12.2. The lowest BCUT2D eigenvalue weighted by atomic mass is 10.0. The topological polar surface area (TPSA) is 40.6 Å². The van der Waals surface area contributed by atoms with Crippen molar-refractivity contribution in [2.24, 2.45) is 0 Å². The lowest BCUT2D eigenvalue weighted by Crippen LogP contribution is -2.28. The molecule has 0 spiro atoms. The van der Waals surface area contributed by atoms with Crippen LogP contribution < -0.4 is 9.80 Å². The van der Waals surface area contributed by atoms with Crippen LogP contribution in [0.4, 0.5) is 11.4 Å². The minimum absolute atomic E-state index is 0.0711. The molecule has 4 heteroatoms. The summed E-state index contributed by atoms with van der Waals surface area (Å²) in [6.45, 7) is 11.6. The van der Waals surface area contributed by atoms with Gasteiger partial charge in [0.25, 0.3) is 5.91 Å². The summed E-state index contributed by atoms with van der Waals surface area (Å²) in [5.74, 6) is -0.165. The molecule has 0 atom stereocenters. The van der Waals surface area contributed by atoms with Crippen LogP contribution in [0.2, 0.25) is 0 Å². The number of rotatable bonds is 3. The second-order valence-corrected chi connectivity index (χ2v) is 6.24. The fourth-order valence-electron chi connectivity index (χ4n) is 3.03. The van der Waals surface area contributed by atoms with Crippen LogP contribution in [-0.2, 0) is 4.79 Å². The Morgan fingerprint density at radius 2 is 1.38 bits per heavy atom. The summed E-state index contributed by atoms with van der Waals surface area (Å²) >= 11 is 0. The summed E-state index contributed by atoms with van der Waals surface area (Å²) < 4.78 is 0. The Hall–Kier alpha value is -2.62. The average molecular weight is 354 g/mol. The second-order valence-electron chi connectivity index (χ2n) is 6.24. The molecule has 26 heavy (non-hydrogen) atoms. The third-order valence-electron chi connectivity index (χ3n) is 4.23. The van der Waals surface area contributed by atoms with Crippen LogP contribution >= 0.6 is 0 Å².